The van der Waals surface area contributed by atoms with Crippen molar-refractivity contribution in [3.63, 3.8) is 0 Å². The van der Waals surface area contributed by atoms with Gasteiger partial charge >= 0.3 is 313 Å². The third kappa shape index (κ3) is 36.6. The van der Waals surface area contributed by atoms with Crippen LogP contribution in [0.5, 0.6) is 0 Å². The summed E-state index contributed by atoms with van der Waals surface area (Å²) in [6.07, 6.45) is 20.0. The van der Waals surface area contributed by atoms with Gasteiger partial charge in [-0.25, -0.2) is 0 Å². The van der Waals surface area contributed by atoms with Crippen LogP contribution in [-0.4, -0.2) is 72.0 Å². The van der Waals surface area contributed by atoms with Crippen LogP contribution in [0.1, 0.15) is 171 Å². The zero-order valence-electron chi connectivity index (χ0n) is 32.4. The van der Waals surface area contributed by atoms with E-state index >= 15 is 0 Å². The van der Waals surface area contributed by atoms with Crippen LogP contribution in [0.15, 0.2) is 0 Å². The molecule has 0 aromatic heterocycles. The summed E-state index contributed by atoms with van der Waals surface area (Å²) in [6.45, 7) is 19.0. The summed E-state index contributed by atoms with van der Waals surface area (Å²) in [5.41, 5.74) is 0. The van der Waals surface area contributed by atoms with Gasteiger partial charge in [-0.1, -0.05) is 0 Å². The van der Waals surface area contributed by atoms with Crippen molar-refractivity contribution < 1.29 is 22.1 Å². The third-order valence-electron chi connectivity index (χ3n) is 8.16. The first kappa shape index (κ1) is 50.1. The fourth-order valence-electron chi connectivity index (χ4n) is 5.04. The number of hydrogen-bond donors (Lipinski definition) is 0. The number of carbonyl (C=O) groups excluding carboxylic acids is 2. The van der Waals surface area contributed by atoms with Crippen LogP contribution < -0.4 is 0 Å². The van der Waals surface area contributed by atoms with Crippen molar-refractivity contribution in [2.24, 2.45) is 11.8 Å². The molecule has 5 nitrogen and oxygen atoms in total. The predicted molar refractivity (Wildman–Crippen MR) is 214 cm³/mol. The monoisotopic (exact) mass is 918 g/mol. The Kier molecular flexibility index (Phi) is 39.3. The molecule has 280 valence electrons. The van der Waals surface area contributed by atoms with E-state index in [4.69, 9.17) is 9.47 Å². The Morgan fingerprint density at radius 3 is 1.30 bits per heavy atom. The molecule has 0 aromatic carbocycles. The molecule has 0 saturated carbocycles. The van der Waals surface area contributed by atoms with E-state index < -0.39 is 35.4 Å². The summed E-state index contributed by atoms with van der Waals surface area (Å²) in [6, 6.07) is 0. The van der Waals surface area contributed by atoms with Crippen molar-refractivity contribution in [1.29, 1.82) is 0 Å². The summed E-state index contributed by atoms with van der Waals surface area (Å²) in [5, 5.41) is 0. The SMILES string of the molecule is CCC[CH2][Sn](=[O])[CH2]CCC.CCC[CH2][Sn]([CH2]CCC)([S]CCC(=O)OCCCCCC(C)C)[S]CCC(=O)OCCCCCC(C)C. The minimum absolute atomic E-state index is 0.0375. The minimum atomic E-state index is -2.56. The van der Waals surface area contributed by atoms with E-state index in [1.807, 2.05) is 0 Å². The Bertz CT molecular complexity index is 679. The van der Waals surface area contributed by atoms with E-state index in [2.05, 4.69) is 73.3 Å². The molecule has 0 unspecified atom stereocenters. The van der Waals surface area contributed by atoms with E-state index in [9.17, 15) is 12.7 Å². The van der Waals surface area contributed by atoms with Crippen molar-refractivity contribution in [3.8, 4) is 0 Å². The van der Waals surface area contributed by atoms with Gasteiger partial charge < -0.3 is 0 Å². The van der Waals surface area contributed by atoms with E-state index in [1.165, 1.54) is 85.9 Å². The van der Waals surface area contributed by atoms with Crippen LogP contribution in [0, 0.1) is 11.8 Å². The molecule has 9 heteroatoms. The molecule has 0 heterocycles. The Labute approximate surface area is 310 Å². The first-order chi connectivity index (χ1) is 22.6. The number of carbonyl (C=O) groups is 2. The van der Waals surface area contributed by atoms with Crippen LogP contribution in [0.3, 0.4) is 0 Å². The van der Waals surface area contributed by atoms with Gasteiger partial charge in [0.2, 0.25) is 0 Å². The zero-order valence-corrected chi connectivity index (χ0v) is 39.7. The molecule has 0 aliphatic rings. The maximum atomic E-state index is 12.3. The van der Waals surface area contributed by atoms with Crippen molar-refractivity contribution in [2.75, 3.05) is 24.7 Å². The number of hydrogen-bond acceptors (Lipinski definition) is 7. The number of ether oxygens (including phenoxy) is 2. The second-order valence-corrected chi connectivity index (χ2v) is 46.5. The Hall–Kier alpha value is 1.04. The average molecular weight is 917 g/mol. The van der Waals surface area contributed by atoms with Gasteiger partial charge in [0.15, 0.2) is 0 Å². The van der Waals surface area contributed by atoms with Gasteiger partial charge in [-0.05, 0) is 0 Å². The summed E-state index contributed by atoms with van der Waals surface area (Å²) in [5.74, 6) is 3.18. The van der Waals surface area contributed by atoms with Crippen LogP contribution in [0.25, 0.3) is 0 Å². The summed E-state index contributed by atoms with van der Waals surface area (Å²) >= 11 is -4.56. The van der Waals surface area contributed by atoms with Crippen molar-refractivity contribution in [3.05, 3.63) is 0 Å². The Morgan fingerprint density at radius 1 is 0.574 bits per heavy atom. The topological polar surface area (TPSA) is 69.7 Å². The van der Waals surface area contributed by atoms with Gasteiger partial charge in [-0.3, -0.25) is 0 Å². The van der Waals surface area contributed by atoms with Gasteiger partial charge in [-0.2, -0.15) is 0 Å². The van der Waals surface area contributed by atoms with Crippen molar-refractivity contribution in [2.45, 2.75) is 189 Å². The molecule has 0 aliphatic carbocycles. The summed E-state index contributed by atoms with van der Waals surface area (Å²) < 4.78 is 27.1. The molecule has 0 fully saturated rings. The normalized spacial score (nSPS) is 11.4. The van der Waals surface area contributed by atoms with Crippen LogP contribution in [0.2, 0.25) is 17.7 Å². The van der Waals surface area contributed by atoms with Gasteiger partial charge in [0.25, 0.3) is 0 Å². The zero-order chi connectivity index (χ0) is 35.6. The van der Waals surface area contributed by atoms with Crippen LogP contribution in [-0.2, 0) is 22.1 Å². The fourth-order valence-corrected chi connectivity index (χ4v) is 40.5. The molecule has 47 heavy (non-hydrogen) atoms. The third-order valence-corrected chi connectivity index (χ3v) is 44.3. The standard InChI is InChI=1S/2C11H22O2S.4C4H9.O.2Sn/c2*1-10(2)6-4-3-5-8-13-11(12)7-9-14;4*1-3-4-2;;;/h2*10,14H,3-9H2,1-2H3;4*1,3-4H2,2H3;;;/q;;;;;;;;+2/p-2. The molecule has 0 radical (unpaired) electrons. The van der Waals surface area contributed by atoms with Gasteiger partial charge in [0, 0.05) is 0 Å². The van der Waals surface area contributed by atoms with E-state index in [0.29, 0.717) is 26.1 Å². The quantitative estimate of drug-likeness (QED) is 0.0378. The molecule has 0 amide bonds. The number of esters is 2. The average Bonchev–Trinajstić information content (AvgIpc) is 3.03. The second-order valence-electron chi connectivity index (χ2n) is 14.0. The number of unbranched alkanes of at least 4 members (excludes halogenated alkanes) is 8. The molecule has 0 atom stereocenters. The first-order valence-corrected chi connectivity index (χ1v) is 37.9. The molecule has 0 bridgehead atoms. The van der Waals surface area contributed by atoms with Crippen LogP contribution >= 0.6 is 17.9 Å². The summed E-state index contributed by atoms with van der Waals surface area (Å²) in [7, 11) is 4.26. The predicted octanol–water partition coefficient (Wildman–Crippen LogP) is 12.8. The Balaban J connectivity index is 0. The van der Waals surface area contributed by atoms with Crippen molar-refractivity contribution in [1.82, 2.24) is 0 Å². The Morgan fingerprint density at radius 2 is 0.957 bits per heavy atom. The van der Waals surface area contributed by atoms with Crippen LogP contribution in [0.4, 0.5) is 0 Å². The second kappa shape index (κ2) is 36.8. The molecule has 0 spiro atoms. The van der Waals surface area contributed by atoms with Gasteiger partial charge in [-0.15, -0.1) is 0 Å². The molecule has 0 aromatic rings. The molecular weight excluding hydrogens is 838 g/mol. The van der Waals surface area contributed by atoms with E-state index in [-0.39, 0.29) is 11.9 Å². The summed E-state index contributed by atoms with van der Waals surface area (Å²) in [4.78, 5) is 24.6. The molecule has 0 saturated heterocycles. The molecular formula is C38H78O5S2Sn2. The maximum absolute atomic E-state index is 12.3. The van der Waals surface area contributed by atoms with E-state index in [1.54, 1.807) is 0 Å². The van der Waals surface area contributed by atoms with Gasteiger partial charge in [0.1, 0.15) is 0 Å². The van der Waals surface area contributed by atoms with Gasteiger partial charge in [0.05, 0.1) is 0 Å². The first-order valence-electron chi connectivity index (χ1n) is 19.7. The molecule has 0 rings (SSSR count). The van der Waals surface area contributed by atoms with Crippen molar-refractivity contribution >= 4 is 65.2 Å². The molecule has 0 aliphatic heterocycles. The molecule has 0 N–H and O–H groups in total. The number of rotatable bonds is 32. The fraction of sp³-hybridized carbons (Fsp3) is 0.947. The van der Waals surface area contributed by atoms with E-state index in [0.717, 1.165) is 57.9 Å².